The number of carbonyl (C=O) groups is 2. The fraction of sp³-hybridized carbons (Fsp3) is 0.771. The Kier molecular flexibility index (Phi) is 58.6. The van der Waals surface area contributed by atoms with Crippen LogP contribution in [0.3, 0.4) is 0 Å². The number of hydrogen-bond acceptors (Lipinski definition) is 7. The molecule has 464 valence electrons. The smallest absolute Gasteiger partial charge is 0.462 e. The molecule has 0 heterocycles. The summed E-state index contributed by atoms with van der Waals surface area (Å²) in [6.45, 7) is 4.31. The predicted molar refractivity (Wildman–Crippen MR) is 344 cm³/mol. The van der Waals surface area contributed by atoms with E-state index in [1.807, 2.05) is 21.1 Å². The molecule has 0 saturated heterocycles. The van der Waals surface area contributed by atoms with Crippen molar-refractivity contribution in [2.45, 2.75) is 302 Å². The van der Waals surface area contributed by atoms with Crippen molar-refractivity contribution in [3.8, 4) is 0 Å². The third-order valence-electron chi connectivity index (χ3n) is 14.4. The lowest BCUT2D eigenvalue weighted by atomic mass is 10.0. The number of allylic oxidation sites excluding steroid dienone is 14. The quantitative estimate of drug-likeness (QED) is 0.0211. The minimum absolute atomic E-state index is 0.0251. The van der Waals surface area contributed by atoms with E-state index in [0.717, 1.165) is 89.9 Å². The molecule has 0 aromatic carbocycles. The van der Waals surface area contributed by atoms with Crippen LogP contribution in [0.4, 0.5) is 0 Å². The highest BCUT2D eigenvalue weighted by molar-refractivity contribution is 7.47. The number of phosphoric acid groups is 1. The molecular weight excluding hydrogens is 1010 g/mol. The summed E-state index contributed by atoms with van der Waals surface area (Å²) in [6, 6.07) is 0. The van der Waals surface area contributed by atoms with Gasteiger partial charge in [-0.25, -0.2) is 4.57 Å². The van der Waals surface area contributed by atoms with Crippen LogP contribution in [0.1, 0.15) is 296 Å². The molecule has 0 fully saturated rings. The number of ether oxygens (including phenoxy) is 2. The first-order valence-electron chi connectivity index (χ1n) is 33.3. The van der Waals surface area contributed by atoms with Crippen molar-refractivity contribution in [3.05, 3.63) is 85.1 Å². The van der Waals surface area contributed by atoms with Gasteiger partial charge in [0.05, 0.1) is 27.7 Å². The number of carbonyl (C=O) groups excluding carboxylic acids is 2. The molecule has 0 bridgehead atoms. The summed E-state index contributed by atoms with van der Waals surface area (Å²) in [5.74, 6) is -0.813. The standard InChI is InChI=1S/C70H126NO8P/c1-6-8-10-12-14-16-18-20-22-24-26-28-29-30-31-32-33-34-35-36-37-38-39-40-41-43-44-46-48-50-52-54-56-58-60-62-69(72)76-66-68(67-78-80(74,75)77-65-64-71(3,4)5)79-70(73)63-61-59-57-55-53-51-49-47-45-42-27-25-23-21-19-17-15-13-11-9-7-2/h9,11,15,17-18,20-21,23-24,26-27,42,47,49,68H,6-8,10,12-14,16,19,22,25,28-41,43-46,48,50-67H2,1-5H3/p+1/b11-9-,17-15-,20-18-,23-21-,26-24-,42-27-,49-47-. The zero-order valence-electron chi connectivity index (χ0n) is 52.8. The topological polar surface area (TPSA) is 108 Å². The monoisotopic (exact) mass is 1140 g/mol. The third-order valence-corrected chi connectivity index (χ3v) is 15.4. The first-order chi connectivity index (χ1) is 39.0. The van der Waals surface area contributed by atoms with Crippen molar-refractivity contribution in [2.24, 2.45) is 0 Å². The van der Waals surface area contributed by atoms with E-state index in [0.29, 0.717) is 17.4 Å². The molecule has 2 unspecified atom stereocenters. The molecule has 0 aromatic rings. The van der Waals surface area contributed by atoms with Crippen molar-refractivity contribution < 1.29 is 42.1 Å². The number of likely N-dealkylation sites (N-methyl/N-ethyl adjacent to an activating group) is 1. The van der Waals surface area contributed by atoms with Crippen LogP contribution in [0.15, 0.2) is 85.1 Å². The average molecular weight is 1140 g/mol. The van der Waals surface area contributed by atoms with Gasteiger partial charge in [0.15, 0.2) is 6.10 Å². The molecule has 0 radical (unpaired) electrons. The lowest BCUT2D eigenvalue weighted by Crippen LogP contribution is -2.37. The summed E-state index contributed by atoms with van der Waals surface area (Å²) in [4.78, 5) is 35.8. The van der Waals surface area contributed by atoms with Crippen LogP contribution < -0.4 is 0 Å². The normalized spacial score (nSPS) is 13.7. The molecule has 0 aliphatic rings. The van der Waals surface area contributed by atoms with Crippen molar-refractivity contribution in [3.63, 3.8) is 0 Å². The molecule has 0 saturated carbocycles. The Hall–Kier alpha value is -2.81. The molecule has 1 N–H and O–H groups in total. The minimum atomic E-state index is -4.40. The third kappa shape index (κ3) is 64.4. The highest BCUT2D eigenvalue weighted by Crippen LogP contribution is 2.43. The van der Waals surface area contributed by atoms with E-state index in [4.69, 9.17) is 18.5 Å². The fourth-order valence-corrected chi connectivity index (χ4v) is 10.1. The summed E-state index contributed by atoms with van der Waals surface area (Å²) in [7, 11) is 1.46. The minimum Gasteiger partial charge on any atom is -0.462 e. The lowest BCUT2D eigenvalue weighted by Gasteiger charge is -2.24. The van der Waals surface area contributed by atoms with Crippen LogP contribution in [-0.2, 0) is 32.7 Å². The summed E-state index contributed by atoms with van der Waals surface area (Å²) in [6.07, 6.45) is 82.6. The van der Waals surface area contributed by atoms with Crippen LogP contribution in [-0.4, -0.2) is 74.9 Å². The Labute approximate surface area is 494 Å². The Balaban J connectivity index is 4.02. The largest absolute Gasteiger partial charge is 0.472 e. The Bertz CT molecular complexity index is 1630. The molecule has 9 nitrogen and oxygen atoms in total. The van der Waals surface area contributed by atoms with Gasteiger partial charge in [-0.05, 0) is 89.9 Å². The first-order valence-corrected chi connectivity index (χ1v) is 34.8. The number of hydrogen-bond donors (Lipinski definition) is 1. The zero-order valence-corrected chi connectivity index (χ0v) is 53.7. The number of quaternary nitrogens is 1. The molecule has 0 aliphatic heterocycles. The van der Waals surface area contributed by atoms with E-state index >= 15 is 0 Å². The highest BCUT2D eigenvalue weighted by Gasteiger charge is 2.27. The van der Waals surface area contributed by atoms with Gasteiger partial charge >= 0.3 is 19.8 Å². The van der Waals surface area contributed by atoms with Gasteiger partial charge in [-0.1, -0.05) is 279 Å². The predicted octanol–water partition coefficient (Wildman–Crippen LogP) is 21.4. The van der Waals surface area contributed by atoms with Gasteiger partial charge in [-0.15, -0.1) is 0 Å². The maximum atomic E-state index is 12.8. The van der Waals surface area contributed by atoms with Gasteiger partial charge in [0.1, 0.15) is 19.8 Å². The van der Waals surface area contributed by atoms with Gasteiger partial charge in [0.25, 0.3) is 0 Å². The van der Waals surface area contributed by atoms with Crippen molar-refractivity contribution in [1.29, 1.82) is 0 Å². The summed E-state index contributed by atoms with van der Waals surface area (Å²) < 4.78 is 34.6. The number of esters is 2. The van der Waals surface area contributed by atoms with E-state index in [2.05, 4.69) is 98.9 Å². The molecule has 80 heavy (non-hydrogen) atoms. The van der Waals surface area contributed by atoms with E-state index in [-0.39, 0.29) is 32.0 Å². The van der Waals surface area contributed by atoms with Gasteiger partial charge in [0, 0.05) is 12.8 Å². The number of nitrogens with zero attached hydrogens (tertiary/aromatic N) is 1. The number of rotatable bonds is 61. The summed E-state index contributed by atoms with van der Waals surface area (Å²) >= 11 is 0. The van der Waals surface area contributed by atoms with Gasteiger partial charge < -0.3 is 18.9 Å². The average Bonchev–Trinajstić information content (AvgIpc) is 3.42. The van der Waals surface area contributed by atoms with E-state index in [1.54, 1.807) is 0 Å². The van der Waals surface area contributed by atoms with Gasteiger partial charge in [-0.3, -0.25) is 18.6 Å². The highest BCUT2D eigenvalue weighted by atomic mass is 31.2. The van der Waals surface area contributed by atoms with E-state index in [1.165, 1.54) is 173 Å². The number of phosphoric ester groups is 1. The van der Waals surface area contributed by atoms with E-state index in [9.17, 15) is 19.0 Å². The van der Waals surface area contributed by atoms with E-state index < -0.39 is 26.5 Å². The molecule has 2 atom stereocenters. The first kappa shape index (κ1) is 77.2. The molecule has 10 heteroatoms. The zero-order chi connectivity index (χ0) is 58.4. The van der Waals surface area contributed by atoms with Gasteiger partial charge in [0.2, 0.25) is 0 Å². The van der Waals surface area contributed by atoms with Crippen LogP contribution in [0.5, 0.6) is 0 Å². The molecule has 0 rings (SSSR count). The van der Waals surface area contributed by atoms with Crippen LogP contribution in [0.25, 0.3) is 0 Å². The van der Waals surface area contributed by atoms with Crippen molar-refractivity contribution in [2.75, 3.05) is 47.5 Å². The maximum absolute atomic E-state index is 12.8. The van der Waals surface area contributed by atoms with Crippen molar-refractivity contribution in [1.82, 2.24) is 0 Å². The Morgan fingerprint density at radius 2 is 0.713 bits per heavy atom. The SMILES string of the molecule is CC/C=C\C/C=C\C/C=C\C/C=C\C/C=C\CCCCCCCC(=O)OC(COC(=O)CCCCCCCCCCCCCCCCCCCCCCCCC/C=C\C/C=C\CCCCCCC)COP(=O)(O)OCC[N+](C)(C)C. The Morgan fingerprint density at radius 1 is 0.400 bits per heavy atom. The second-order valence-corrected chi connectivity index (χ2v) is 24.9. The molecule has 0 amide bonds. The lowest BCUT2D eigenvalue weighted by molar-refractivity contribution is -0.870. The summed E-state index contributed by atoms with van der Waals surface area (Å²) in [5.41, 5.74) is 0. The fourth-order valence-electron chi connectivity index (χ4n) is 9.31. The van der Waals surface area contributed by atoms with Crippen LogP contribution in [0, 0.1) is 0 Å². The van der Waals surface area contributed by atoms with Gasteiger partial charge in [-0.2, -0.15) is 0 Å². The number of unbranched alkanes of at least 4 members (excludes halogenated alkanes) is 33. The Morgan fingerprint density at radius 3 is 1.06 bits per heavy atom. The maximum Gasteiger partial charge on any atom is 0.472 e. The van der Waals surface area contributed by atoms with Crippen LogP contribution >= 0.6 is 7.82 Å². The second kappa shape index (κ2) is 60.8. The molecule has 0 aromatic heterocycles. The molecular formula is C70H127NO8P+. The molecule has 0 aliphatic carbocycles. The van der Waals surface area contributed by atoms with Crippen molar-refractivity contribution >= 4 is 19.8 Å². The second-order valence-electron chi connectivity index (χ2n) is 23.5. The molecule has 0 spiro atoms. The summed E-state index contributed by atoms with van der Waals surface area (Å²) in [5, 5.41) is 0. The van der Waals surface area contributed by atoms with Crippen LogP contribution in [0.2, 0.25) is 0 Å².